The summed E-state index contributed by atoms with van der Waals surface area (Å²) in [6.07, 6.45) is 3.04. The molecular weight excluding hydrogens is 174 g/mol. The van der Waals surface area contributed by atoms with Crippen LogP contribution in [0.1, 0.15) is 20.3 Å². The first kappa shape index (κ1) is 9.31. The van der Waals surface area contributed by atoms with Crippen LogP contribution in [-0.4, -0.2) is 17.6 Å². The van der Waals surface area contributed by atoms with Gasteiger partial charge in [-0.3, -0.25) is 0 Å². The van der Waals surface area contributed by atoms with Gasteiger partial charge in [0, 0.05) is 30.5 Å². The van der Waals surface area contributed by atoms with E-state index in [1.807, 2.05) is 12.1 Å². The van der Waals surface area contributed by atoms with Crippen molar-refractivity contribution < 1.29 is 0 Å². The lowest BCUT2D eigenvalue weighted by molar-refractivity contribution is 0.625. The number of aromatic nitrogens is 1. The second-order valence-electron chi connectivity index (χ2n) is 4.28. The van der Waals surface area contributed by atoms with Gasteiger partial charge in [-0.25, -0.2) is 4.98 Å². The van der Waals surface area contributed by atoms with Crippen molar-refractivity contribution in [3.8, 4) is 0 Å². The molecule has 3 heteroatoms. The van der Waals surface area contributed by atoms with Crippen LogP contribution < -0.4 is 10.6 Å². The van der Waals surface area contributed by atoms with Crippen LogP contribution in [0.25, 0.3) is 0 Å². The molecule has 0 spiro atoms. The zero-order chi connectivity index (χ0) is 10.1. The number of rotatable bonds is 1. The smallest absolute Gasteiger partial charge is 0.125 e. The molecule has 3 nitrogen and oxygen atoms in total. The molecule has 1 aliphatic heterocycles. The Morgan fingerprint density at radius 1 is 1.50 bits per heavy atom. The predicted octanol–water partition coefficient (Wildman–Crippen LogP) is 1.90. The van der Waals surface area contributed by atoms with Crippen LogP contribution in [0.5, 0.6) is 0 Å². The van der Waals surface area contributed by atoms with Gasteiger partial charge < -0.3 is 10.6 Å². The number of hydrogen-bond acceptors (Lipinski definition) is 3. The summed E-state index contributed by atoms with van der Waals surface area (Å²) in [4.78, 5) is 6.41. The molecule has 0 aromatic carbocycles. The van der Waals surface area contributed by atoms with Crippen molar-refractivity contribution in [2.45, 2.75) is 26.3 Å². The van der Waals surface area contributed by atoms with Gasteiger partial charge in [0.2, 0.25) is 0 Å². The Labute approximate surface area is 84.9 Å². The van der Waals surface area contributed by atoms with E-state index in [2.05, 4.69) is 23.7 Å². The van der Waals surface area contributed by atoms with Crippen LogP contribution in [0.15, 0.2) is 18.3 Å². The first-order chi connectivity index (χ1) is 6.66. The number of pyridine rings is 1. The lowest BCUT2D eigenvalue weighted by atomic mass is 10.1. The third kappa shape index (κ3) is 1.67. The fourth-order valence-electron chi connectivity index (χ4n) is 2.27. The van der Waals surface area contributed by atoms with Gasteiger partial charge in [0.1, 0.15) is 5.82 Å². The molecule has 1 saturated heterocycles. The zero-order valence-electron chi connectivity index (χ0n) is 8.77. The SMILES string of the molecule is CC1CC(C)N(c2ccnc(N)c2)C1. The largest absolute Gasteiger partial charge is 0.384 e. The highest BCUT2D eigenvalue weighted by molar-refractivity contribution is 5.53. The van der Waals surface area contributed by atoms with Gasteiger partial charge in [0.25, 0.3) is 0 Å². The summed E-state index contributed by atoms with van der Waals surface area (Å²) in [6.45, 7) is 5.69. The molecule has 0 saturated carbocycles. The molecule has 2 N–H and O–H groups in total. The highest BCUT2D eigenvalue weighted by atomic mass is 15.2. The fourth-order valence-corrected chi connectivity index (χ4v) is 2.27. The first-order valence-electron chi connectivity index (χ1n) is 5.15. The van der Waals surface area contributed by atoms with Crippen LogP contribution in [0.2, 0.25) is 0 Å². The number of nitrogens with zero attached hydrogens (tertiary/aromatic N) is 2. The molecule has 1 aromatic rings. The first-order valence-corrected chi connectivity index (χ1v) is 5.15. The van der Waals surface area contributed by atoms with Crippen LogP contribution in [0.3, 0.4) is 0 Å². The zero-order valence-corrected chi connectivity index (χ0v) is 8.77. The Hall–Kier alpha value is -1.25. The van der Waals surface area contributed by atoms with Crippen molar-refractivity contribution in [2.24, 2.45) is 5.92 Å². The third-order valence-corrected chi connectivity index (χ3v) is 2.88. The molecular formula is C11H17N3. The summed E-state index contributed by atoms with van der Waals surface area (Å²) in [5, 5.41) is 0. The lowest BCUT2D eigenvalue weighted by Crippen LogP contribution is -2.26. The second kappa shape index (κ2) is 3.48. The Kier molecular flexibility index (Phi) is 2.32. The molecule has 14 heavy (non-hydrogen) atoms. The molecule has 0 radical (unpaired) electrons. The summed E-state index contributed by atoms with van der Waals surface area (Å²) in [5.74, 6) is 1.38. The van der Waals surface area contributed by atoms with E-state index in [0.717, 1.165) is 12.5 Å². The quantitative estimate of drug-likeness (QED) is 0.737. The maximum Gasteiger partial charge on any atom is 0.125 e. The van der Waals surface area contributed by atoms with E-state index in [4.69, 9.17) is 5.73 Å². The molecule has 1 fully saturated rings. The Morgan fingerprint density at radius 2 is 2.29 bits per heavy atom. The van der Waals surface area contributed by atoms with Gasteiger partial charge in [0.15, 0.2) is 0 Å². The van der Waals surface area contributed by atoms with Crippen molar-refractivity contribution in [2.75, 3.05) is 17.2 Å². The van der Waals surface area contributed by atoms with E-state index >= 15 is 0 Å². The van der Waals surface area contributed by atoms with E-state index in [1.165, 1.54) is 12.1 Å². The Balaban J connectivity index is 2.23. The molecule has 0 amide bonds. The molecule has 1 aliphatic rings. The Bertz CT molecular complexity index is 324. The van der Waals surface area contributed by atoms with Crippen LogP contribution in [0, 0.1) is 5.92 Å². The van der Waals surface area contributed by atoms with Gasteiger partial charge in [-0.2, -0.15) is 0 Å². The average molecular weight is 191 g/mol. The maximum atomic E-state index is 5.67. The second-order valence-corrected chi connectivity index (χ2v) is 4.28. The number of nitrogen functional groups attached to an aromatic ring is 1. The topological polar surface area (TPSA) is 42.2 Å². The third-order valence-electron chi connectivity index (χ3n) is 2.88. The standard InChI is InChI=1S/C11H17N3/c1-8-5-9(2)14(7-8)10-3-4-13-11(12)6-10/h3-4,6,8-9H,5,7H2,1-2H3,(H2,12,13). The molecule has 1 aromatic heterocycles. The van der Waals surface area contributed by atoms with E-state index in [9.17, 15) is 0 Å². The number of nitrogens with two attached hydrogens (primary N) is 1. The molecule has 2 rings (SSSR count). The van der Waals surface area contributed by atoms with Crippen molar-refractivity contribution in [3.05, 3.63) is 18.3 Å². The molecule has 2 unspecified atom stereocenters. The van der Waals surface area contributed by atoms with Gasteiger partial charge >= 0.3 is 0 Å². The minimum Gasteiger partial charge on any atom is -0.384 e. The van der Waals surface area contributed by atoms with Crippen LogP contribution in [0.4, 0.5) is 11.5 Å². The van der Waals surface area contributed by atoms with E-state index < -0.39 is 0 Å². The highest BCUT2D eigenvalue weighted by Gasteiger charge is 2.26. The summed E-state index contributed by atoms with van der Waals surface area (Å²) in [6, 6.07) is 4.60. The van der Waals surface area contributed by atoms with Crippen molar-refractivity contribution >= 4 is 11.5 Å². The number of hydrogen-bond donors (Lipinski definition) is 1. The van der Waals surface area contributed by atoms with Crippen molar-refractivity contribution in [1.29, 1.82) is 0 Å². The minimum atomic E-state index is 0.606. The van der Waals surface area contributed by atoms with Gasteiger partial charge in [-0.1, -0.05) is 6.92 Å². The van der Waals surface area contributed by atoms with E-state index in [0.29, 0.717) is 11.9 Å². The summed E-state index contributed by atoms with van der Waals surface area (Å²) in [7, 11) is 0. The number of anilines is 2. The van der Waals surface area contributed by atoms with Crippen molar-refractivity contribution in [3.63, 3.8) is 0 Å². The molecule has 76 valence electrons. The normalized spacial score (nSPS) is 26.9. The minimum absolute atomic E-state index is 0.606. The maximum absolute atomic E-state index is 5.67. The fraction of sp³-hybridized carbons (Fsp3) is 0.545. The molecule has 0 aliphatic carbocycles. The molecule has 2 heterocycles. The molecule has 0 bridgehead atoms. The molecule has 2 atom stereocenters. The van der Waals surface area contributed by atoms with Gasteiger partial charge in [0.05, 0.1) is 0 Å². The summed E-state index contributed by atoms with van der Waals surface area (Å²) in [5.41, 5.74) is 6.87. The van der Waals surface area contributed by atoms with Crippen molar-refractivity contribution in [1.82, 2.24) is 4.98 Å². The lowest BCUT2D eigenvalue weighted by Gasteiger charge is -2.23. The highest BCUT2D eigenvalue weighted by Crippen LogP contribution is 2.28. The van der Waals surface area contributed by atoms with E-state index in [1.54, 1.807) is 6.20 Å². The van der Waals surface area contributed by atoms with Crippen LogP contribution in [-0.2, 0) is 0 Å². The predicted molar refractivity (Wildman–Crippen MR) is 59.2 cm³/mol. The van der Waals surface area contributed by atoms with E-state index in [-0.39, 0.29) is 0 Å². The summed E-state index contributed by atoms with van der Waals surface area (Å²) < 4.78 is 0. The Morgan fingerprint density at radius 3 is 2.86 bits per heavy atom. The average Bonchev–Trinajstić information content (AvgIpc) is 2.45. The van der Waals surface area contributed by atoms with Gasteiger partial charge in [-0.15, -0.1) is 0 Å². The van der Waals surface area contributed by atoms with Gasteiger partial charge in [-0.05, 0) is 25.3 Å². The monoisotopic (exact) mass is 191 g/mol. The summed E-state index contributed by atoms with van der Waals surface area (Å²) >= 11 is 0. The van der Waals surface area contributed by atoms with Crippen LogP contribution >= 0.6 is 0 Å².